The summed E-state index contributed by atoms with van der Waals surface area (Å²) in [4.78, 5) is 23.6. The summed E-state index contributed by atoms with van der Waals surface area (Å²) in [6.45, 7) is 9.22. The van der Waals surface area contributed by atoms with E-state index < -0.39 is 5.60 Å². The van der Waals surface area contributed by atoms with Gasteiger partial charge in [-0.1, -0.05) is 19.1 Å². The molecule has 2 aliphatic rings. The fraction of sp³-hybridized carbons (Fsp3) is 0.607. The van der Waals surface area contributed by atoms with Crippen molar-refractivity contribution in [2.24, 2.45) is 0 Å². The molecule has 196 valence electrons. The number of aryl methyl sites for hydroxylation is 1. The second-order valence-corrected chi connectivity index (χ2v) is 11.0. The topological polar surface area (TPSA) is 99.6 Å². The lowest BCUT2D eigenvalue weighted by atomic mass is 9.89. The summed E-state index contributed by atoms with van der Waals surface area (Å²) in [6.07, 6.45) is 7.63. The van der Waals surface area contributed by atoms with Gasteiger partial charge in [-0.3, -0.25) is 4.98 Å². The average molecular weight is 496 g/mol. The lowest BCUT2D eigenvalue weighted by Gasteiger charge is -2.33. The Morgan fingerprint density at radius 3 is 2.36 bits per heavy atom. The van der Waals surface area contributed by atoms with Crippen LogP contribution in [0, 0.1) is 0 Å². The number of hydrogen-bond donors (Lipinski definition) is 3. The van der Waals surface area contributed by atoms with Crippen molar-refractivity contribution >= 4 is 23.4 Å². The molecule has 0 atom stereocenters. The van der Waals surface area contributed by atoms with Crippen LogP contribution in [0.2, 0.25) is 0 Å². The highest BCUT2D eigenvalue weighted by Crippen LogP contribution is 2.30. The molecule has 2 aromatic rings. The summed E-state index contributed by atoms with van der Waals surface area (Å²) >= 11 is 0. The number of aliphatic hydroxyl groups excluding tert-OH is 1. The van der Waals surface area contributed by atoms with Crippen molar-refractivity contribution in [3.8, 4) is 0 Å². The summed E-state index contributed by atoms with van der Waals surface area (Å²) in [5, 5.41) is 16.7. The van der Waals surface area contributed by atoms with Crippen molar-refractivity contribution in [2.45, 2.75) is 96.3 Å². The van der Waals surface area contributed by atoms with Gasteiger partial charge in [-0.25, -0.2) is 9.78 Å². The zero-order valence-corrected chi connectivity index (χ0v) is 22.1. The van der Waals surface area contributed by atoms with Crippen LogP contribution >= 0.6 is 0 Å². The van der Waals surface area contributed by atoms with Gasteiger partial charge < -0.3 is 25.4 Å². The third kappa shape index (κ3) is 7.09. The van der Waals surface area contributed by atoms with Crippen LogP contribution in [0.5, 0.6) is 0 Å². The van der Waals surface area contributed by atoms with E-state index >= 15 is 0 Å². The predicted molar refractivity (Wildman–Crippen MR) is 143 cm³/mol. The average Bonchev–Trinajstić information content (AvgIpc) is 2.85. The number of nitrogens with one attached hydrogen (secondary N) is 2. The van der Waals surface area contributed by atoms with Crippen molar-refractivity contribution in [1.82, 2.24) is 14.9 Å². The van der Waals surface area contributed by atoms with Gasteiger partial charge in [0.25, 0.3) is 0 Å². The molecule has 1 aromatic heterocycles. The minimum Gasteiger partial charge on any atom is -0.444 e. The zero-order valence-electron chi connectivity index (χ0n) is 22.1. The number of likely N-dealkylation sites (tertiary alicyclic amines) is 1. The number of carbonyl (C=O) groups is 1. The monoisotopic (exact) mass is 495 g/mol. The van der Waals surface area contributed by atoms with E-state index in [4.69, 9.17) is 9.72 Å². The summed E-state index contributed by atoms with van der Waals surface area (Å²) < 4.78 is 5.51. The van der Waals surface area contributed by atoms with Gasteiger partial charge in [0.2, 0.25) is 0 Å². The molecule has 1 aromatic carbocycles. The first-order valence-corrected chi connectivity index (χ1v) is 13.4. The van der Waals surface area contributed by atoms with E-state index in [2.05, 4.69) is 46.8 Å². The van der Waals surface area contributed by atoms with E-state index in [-0.39, 0.29) is 12.2 Å². The van der Waals surface area contributed by atoms with Crippen LogP contribution in [0.25, 0.3) is 0 Å². The van der Waals surface area contributed by atoms with Gasteiger partial charge in [0.05, 0.1) is 18.0 Å². The zero-order chi connectivity index (χ0) is 25.7. The highest BCUT2D eigenvalue weighted by Gasteiger charge is 2.27. The van der Waals surface area contributed by atoms with E-state index in [9.17, 15) is 9.90 Å². The Labute approximate surface area is 214 Å². The molecule has 2 heterocycles. The van der Waals surface area contributed by atoms with Crippen LogP contribution in [-0.4, -0.2) is 56.9 Å². The van der Waals surface area contributed by atoms with Crippen molar-refractivity contribution in [3.05, 3.63) is 41.7 Å². The molecule has 4 rings (SSSR count). The Hall–Kier alpha value is -2.87. The minimum atomic E-state index is -0.464. The highest BCUT2D eigenvalue weighted by molar-refractivity contribution is 5.68. The van der Waals surface area contributed by atoms with E-state index in [1.54, 1.807) is 6.20 Å². The Bertz CT molecular complexity index is 1000. The van der Waals surface area contributed by atoms with Gasteiger partial charge >= 0.3 is 6.09 Å². The van der Waals surface area contributed by atoms with Gasteiger partial charge in [0.1, 0.15) is 11.4 Å². The normalized spacial score (nSPS) is 21.2. The summed E-state index contributed by atoms with van der Waals surface area (Å²) in [6, 6.07) is 8.82. The molecule has 1 aliphatic carbocycles. The first-order valence-electron chi connectivity index (χ1n) is 13.4. The number of hydrogen-bond acceptors (Lipinski definition) is 7. The number of amides is 1. The molecule has 36 heavy (non-hydrogen) atoms. The van der Waals surface area contributed by atoms with Crippen LogP contribution in [0.4, 0.5) is 22.1 Å². The van der Waals surface area contributed by atoms with Crippen molar-refractivity contribution in [2.75, 3.05) is 23.7 Å². The quantitative estimate of drug-likeness (QED) is 0.479. The van der Waals surface area contributed by atoms with E-state index in [1.807, 2.05) is 25.7 Å². The Balaban J connectivity index is 1.33. The molecule has 0 unspecified atom stereocenters. The molecule has 0 radical (unpaired) electrons. The standard InChI is InChI=1S/C28H41N5O3/c1-5-24-26(31-22-10-12-23(34)13-11-22)32-25(18-29-24)30-21-8-6-19(7-9-21)20-14-16-33(17-15-20)27(35)36-28(2,3)4/h6-9,18,20,22-23,34H,5,10-17H2,1-4H3,(H2,30,31,32). The lowest BCUT2D eigenvalue weighted by molar-refractivity contribution is 0.0205. The second-order valence-electron chi connectivity index (χ2n) is 11.0. The van der Waals surface area contributed by atoms with Gasteiger partial charge in [0, 0.05) is 24.8 Å². The van der Waals surface area contributed by atoms with Crippen LogP contribution in [-0.2, 0) is 11.2 Å². The number of ether oxygens (including phenoxy) is 1. The van der Waals surface area contributed by atoms with Crippen LogP contribution in [0.1, 0.15) is 83.4 Å². The molecule has 1 amide bonds. The summed E-state index contributed by atoms with van der Waals surface area (Å²) in [5.41, 5.74) is 2.75. The molecule has 3 N–H and O–H groups in total. The second kappa shape index (κ2) is 11.5. The molecule has 0 spiro atoms. The number of carbonyl (C=O) groups excluding carboxylic acids is 1. The van der Waals surface area contributed by atoms with Crippen molar-refractivity contribution in [1.29, 1.82) is 0 Å². The number of rotatable bonds is 6. The largest absolute Gasteiger partial charge is 0.444 e. The Morgan fingerprint density at radius 1 is 1.08 bits per heavy atom. The van der Waals surface area contributed by atoms with Crippen LogP contribution in [0.3, 0.4) is 0 Å². The van der Waals surface area contributed by atoms with E-state index in [0.717, 1.165) is 62.1 Å². The molecule has 8 heteroatoms. The first kappa shape index (κ1) is 26.2. The smallest absolute Gasteiger partial charge is 0.410 e. The fourth-order valence-electron chi connectivity index (χ4n) is 4.97. The highest BCUT2D eigenvalue weighted by atomic mass is 16.6. The summed E-state index contributed by atoms with van der Waals surface area (Å²) in [5.74, 6) is 1.98. The van der Waals surface area contributed by atoms with Crippen LogP contribution in [0.15, 0.2) is 30.5 Å². The molecule has 1 saturated heterocycles. The Morgan fingerprint density at radius 2 is 1.75 bits per heavy atom. The number of piperidine rings is 1. The molecule has 1 saturated carbocycles. The third-order valence-corrected chi connectivity index (χ3v) is 7.02. The van der Waals surface area contributed by atoms with Crippen molar-refractivity contribution in [3.63, 3.8) is 0 Å². The van der Waals surface area contributed by atoms with Gasteiger partial charge in [-0.05, 0) is 89.3 Å². The van der Waals surface area contributed by atoms with Gasteiger partial charge in [0.15, 0.2) is 5.82 Å². The minimum absolute atomic E-state index is 0.173. The van der Waals surface area contributed by atoms with Gasteiger partial charge in [-0.2, -0.15) is 0 Å². The van der Waals surface area contributed by atoms with Crippen LogP contribution < -0.4 is 10.6 Å². The molecule has 1 aliphatic heterocycles. The SMILES string of the molecule is CCc1ncc(Nc2ccc(C3CCN(C(=O)OC(C)(C)C)CC3)cc2)nc1NC1CCC(O)CC1. The molecular formula is C28H41N5O3. The Kier molecular flexibility index (Phi) is 8.34. The number of aromatic nitrogens is 2. The number of nitrogens with zero attached hydrogens (tertiary/aromatic N) is 3. The number of benzene rings is 1. The first-order chi connectivity index (χ1) is 17.2. The maximum Gasteiger partial charge on any atom is 0.410 e. The molecule has 8 nitrogen and oxygen atoms in total. The molecule has 0 bridgehead atoms. The van der Waals surface area contributed by atoms with E-state index in [0.29, 0.717) is 30.9 Å². The molecular weight excluding hydrogens is 454 g/mol. The number of aliphatic hydroxyl groups is 1. The van der Waals surface area contributed by atoms with E-state index in [1.165, 1.54) is 5.56 Å². The van der Waals surface area contributed by atoms with Crippen molar-refractivity contribution < 1.29 is 14.6 Å². The fourth-order valence-corrected chi connectivity index (χ4v) is 4.97. The maximum atomic E-state index is 12.3. The summed E-state index contributed by atoms with van der Waals surface area (Å²) in [7, 11) is 0. The maximum absolute atomic E-state index is 12.3. The lowest BCUT2D eigenvalue weighted by Crippen LogP contribution is -2.41. The number of anilines is 3. The van der Waals surface area contributed by atoms with Gasteiger partial charge in [-0.15, -0.1) is 0 Å². The predicted octanol–water partition coefficient (Wildman–Crippen LogP) is 5.61. The molecule has 2 fully saturated rings. The third-order valence-electron chi connectivity index (χ3n) is 7.02.